The van der Waals surface area contributed by atoms with Crippen LogP contribution >= 0.6 is 0 Å². The summed E-state index contributed by atoms with van der Waals surface area (Å²) in [5.74, 6) is 0. The Morgan fingerprint density at radius 2 is 2.16 bits per heavy atom. The van der Waals surface area contributed by atoms with Crippen molar-refractivity contribution in [1.29, 1.82) is 0 Å². The number of aromatic nitrogens is 2. The Hall–Kier alpha value is -1.87. The lowest BCUT2D eigenvalue weighted by molar-refractivity contribution is -0.0335. The molecule has 1 aliphatic rings. The summed E-state index contributed by atoms with van der Waals surface area (Å²) in [7, 11) is -2.10. The molecule has 0 aliphatic carbocycles. The van der Waals surface area contributed by atoms with Crippen molar-refractivity contribution in [3.8, 4) is 0 Å². The molecule has 1 aliphatic heterocycles. The van der Waals surface area contributed by atoms with E-state index in [4.69, 9.17) is 14.7 Å². The summed E-state index contributed by atoms with van der Waals surface area (Å²) < 4.78 is 13.7. The van der Waals surface area contributed by atoms with Gasteiger partial charge in [0.1, 0.15) is 0 Å². The van der Waals surface area contributed by atoms with Gasteiger partial charge in [0.05, 0.1) is 18.8 Å². The highest BCUT2D eigenvalue weighted by atomic mass is 28.4. The number of ether oxygens (including phenoxy) is 1. The summed E-state index contributed by atoms with van der Waals surface area (Å²) in [5.41, 5.74) is 7.51. The van der Waals surface area contributed by atoms with Crippen LogP contribution in [-0.4, -0.2) is 36.6 Å². The van der Waals surface area contributed by atoms with Gasteiger partial charge in [-0.3, -0.25) is 14.3 Å². The third kappa shape index (κ3) is 4.40. The summed E-state index contributed by atoms with van der Waals surface area (Å²) in [6, 6.07) is 1.27. The maximum Gasteiger partial charge on any atom is 0.330 e. The van der Waals surface area contributed by atoms with E-state index >= 15 is 0 Å². The van der Waals surface area contributed by atoms with Crippen molar-refractivity contribution in [3.63, 3.8) is 0 Å². The summed E-state index contributed by atoms with van der Waals surface area (Å²) in [4.78, 5) is 28.5. The lowest BCUT2D eigenvalue weighted by atomic mass is 10.2. The zero-order chi connectivity index (χ0) is 18.8. The molecule has 25 heavy (non-hydrogen) atoms. The average molecular weight is 367 g/mol. The van der Waals surface area contributed by atoms with E-state index in [0.717, 1.165) is 0 Å². The Morgan fingerprint density at radius 3 is 2.72 bits per heavy atom. The minimum absolute atomic E-state index is 0.00357. The predicted octanol–water partition coefficient (Wildman–Crippen LogP) is 2.52. The molecule has 0 bridgehead atoms. The molecule has 0 aromatic carbocycles. The van der Waals surface area contributed by atoms with Crippen molar-refractivity contribution in [2.75, 3.05) is 6.54 Å². The minimum Gasteiger partial charge on any atom is -0.409 e. The Morgan fingerprint density at radius 1 is 1.48 bits per heavy atom. The Kier molecular flexibility index (Phi) is 5.57. The average Bonchev–Trinajstić information content (AvgIpc) is 2.86. The van der Waals surface area contributed by atoms with Gasteiger partial charge in [0.2, 0.25) is 0 Å². The van der Waals surface area contributed by atoms with E-state index in [2.05, 4.69) is 48.9 Å². The van der Waals surface area contributed by atoms with Gasteiger partial charge in [-0.15, -0.1) is 0 Å². The number of H-pyrrole nitrogens is 1. The number of azide groups is 1. The number of nitrogens with one attached hydrogen (secondary N) is 1. The van der Waals surface area contributed by atoms with Crippen molar-refractivity contribution < 1.29 is 9.16 Å². The SMILES string of the molecule is CC(C)(C)[Si](C)(C)O[C@@H]1C[C@H](CN=[N+]=[N-])O[C@H]1n1ccc(=O)[nH]c1=O. The number of hydrogen-bond donors (Lipinski definition) is 1. The summed E-state index contributed by atoms with van der Waals surface area (Å²) in [5, 5.41) is 3.56. The summed E-state index contributed by atoms with van der Waals surface area (Å²) in [6.07, 6.45) is 0.557. The fourth-order valence-electron chi connectivity index (χ4n) is 2.49. The molecule has 0 spiro atoms. The molecule has 138 valence electrons. The topological polar surface area (TPSA) is 122 Å². The van der Waals surface area contributed by atoms with Crippen LogP contribution in [0.5, 0.6) is 0 Å². The van der Waals surface area contributed by atoms with Gasteiger partial charge >= 0.3 is 5.69 Å². The second kappa shape index (κ2) is 7.16. The van der Waals surface area contributed by atoms with E-state index in [-0.39, 0.29) is 23.8 Å². The molecule has 2 rings (SSSR count). The summed E-state index contributed by atoms with van der Waals surface area (Å²) >= 11 is 0. The number of aromatic amines is 1. The highest BCUT2D eigenvalue weighted by Gasteiger charge is 2.45. The monoisotopic (exact) mass is 367 g/mol. The maximum atomic E-state index is 12.2. The van der Waals surface area contributed by atoms with Crippen molar-refractivity contribution in [2.45, 2.75) is 63.8 Å². The van der Waals surface area contributed by atoms with Crippen LogP contribution in [0.15, 0.2) is 27.0 Å². The van der Waals surface area contributed by atoms with Crippen LogP contribution in [0, 0.1) is 0 Å². The van der Waals surface area contributed by atoms with Gasteiger partial charge < -0.3 is 9.16 Å². The number of hydrogen-bond acceptors (Lipinski definition) is 5. The fraction of sp³-hybridized carbons (Fsp3) is 0.733. The first-order chi connectivity index (χ1) is 11.5. The van der Waals surface area contributed by atoms with E-state index in [0.29, 0.717) is 6.42 Å². The highest BCUT2D eigenvalue weighted by molar-refractivity contribution is 6.74. The molecular weight excluding hydrogens is 342 g/mol. The molecule has 0 unspecified atom stereocenters. The van der Waals surface area contributed by atoms with E-state index in [1.165, 1.54) is 16.8 Å². The van der Waals surface area contributed by atoms with E-state index in [1.807, 2.05) is 0 Å². The lowest BCUT2D eigenvalue weighted by Gasteiger charge is -2.39. The number of rotatable bonds is 5. The van der Waals surface area contributed by atoms with Crippen LogP contribution in [0.1, 0.15) is 33.4 Å². The van der Waals surface area contributed by atoms with Crippen LogP contribution in [0.2, 0.25) is 18.1 Å². The van der Waals surface area contributed by atoms with Gasteiger partial charge in [-0.1, -0.05) is 25.9 Å². The van der Waals surface area contributed by atoms with Crippen LogP contribution in [0.4, 0.5) is 0 Å². The van der Waals surface area contributed by atoms with E-state index in [9.17, 15) is 9.59 Å². The molecule has 0 radical (unpaired) electrons. The van der Waals surface area contributed by atoms with Crippen LogP contribution in [-0.2, 0) is 9.16 Å². The maximum absolute atomic E-state index is 12.2. The molecular formula is C15H25N5O4Si. The van der Waals surface area contributed by atoms with Crippen molar-refractivity contribution in [2.24, 2.45) is 5.11 Å². The van der Waals surface area contributed by atoms with Gasteiger partial charge in [-0.25, -0.2) is 4.79 Å². The first kappa shape index (κ1) is 19.5. The van der Waals surface area contributed by atoms with Crippen molar-refractivity contribution >= 4 is 8.32 Å². The minimum atomic E-state index is -2.10. The van der Waals surface area contributed by atoms with Crippen LogP contribution in [0.3, 0.4) is 0 Å². The molecule has 1 fully saturated rings. The van der Waals surface area contributed by atoms with Gasteiger partial charge in [0.15, 0.2) is 14.5 Å². The molecule has 3 atom stereocenters. The molecule has 9 nitrogen and oxygen atoms in total. The predicted molar refractivity (Wildman–Crippen MR) is 95.9 cm³/mol. The highest BCUT2D eigenvalue weighted by Crippen LogP contribution is 2.41. The second-order valence-electron chi connectivity index (χ2n) is 7.73. The standard InChI is InChI=1S/C15H25N5O4Si/c1-15(2,3)25(4,5)24-11-8-10(9-17-19-16)23-13(11)20-7-6-12(21)18-14(20)22/h6-7,10-11,13H,8-9H2,1-5H3,(H,18,21,22)/t10-,11-,13-/m1/s1. The molecule has 1 N–H and O–H groups in total. The molecule has 1 aromatic heterocycles. The smallest absolute Gasteiger partial charge is 0.330 e. The van der Waals surface area contributed by atoms with Gasteiger partial charge in [0, 0.05) is 23.6 Å². The van der Waals surface area contributed by atoms with Gasteiger partial charge in [-0.2, -0.15) is 0 Å². The lowest BCUT2D eigenvalue weighted by Crippen LogP contribution is -2.46. The molecule has 0 amide bonds. The first-order valence-electron chi connectivity index (χ1n) is 8.21. The largest absolute Gasteiger partial charge is 0.409 e. The molecule has 1 saturated heterocycles. The van der Waals surface area contributed by atoms with Crippen LogP contribution in [0.25, 0.3) is 10.4 Å². The van der Waals surface area contributed by atoms with Gasteiger partial charge in [0.25, 0.3) is 5.56 Å². The fourth-order valence-corrected chi connectivity index (χ4v) is 3.82. The second-order valence-corrected chi connectivity index (χ2v) is 12.5. The van der Waals surface area contributed by atoms with Crippen molar-refractivity contribution in [1.82, 2.24) is 9.55 Å². The van der Waals surface area contributed by atoms with Crippen LogP contribution < -0.4 is 11.2 Å². The normalized spacial score (nSPS) is 24.1. The van der Waals surface area contributed by atoms with Gasteiger partial charge in [-0.05, 0) is 23.7 Å². The van der Waals surface area contributed by atoms with E-state index in [1.54, 1.807) is 0 Å². The zero-order valence-corrected chi connectivity index (χ0v) is 16.2. The first-order valence-corrected chi connectivity index (χ1v) is 11.1. The Balaban J connectivity index is 2.34. The molecule has 10 heteroatoms. The molecule has 0 saturated carbocycles. The van der Waals surface area contributed by atoms with Crippen molar-refractivity contribution in [3.05, 3.63) is 43.5 Å². The third-order valence-corrected chi connectivity index (χ3v) is 9.38. The zero-order valence-electron chi connectivity index (χ0n) is 15.2. The molecule has 2 heterocycles. The number of nitrogens with zero attached hydrogens (tertiary/aromatic N) is 4. The summed E-state index contributed by atoms with van der Waals surface area (Å²) in [6.45, 7) is 10.8. The molecule has 1 aromatic rings. The quantitative estimate of drug-likeness (QED) is 0.372. The third-order valence-electron chi connectivity index (χ3n) is 4.87. The Labute approximate surface area is 146 Å². The van der Waals surface area contributed by atoms with E-state index < -0.39 is 25.8 Å². The Bertz CT molecular complexity index is 775.